The number of aromatic nitrogens is 3. The number of aryl methyl sites for hydroxylation is 1. The van der Waals surface area contributed by atoms with Crippen LogP contribution in [0.15, 0.2) is 18.5 Å². The van der Waals surface area contributed by atoms with E-state index in [9.17, 15) is 5.26 Å². The van der Waals surface area contributed by atoms with Crippen molar-refractivity contribution in [3.05, 3.63) is 39.9 Å². The van der Waals surface area contributed by atoms with Crippen LogP contribution in [0, 0.1) is 11.3 Å². The molecule has 0 spiro atoms. The minimum atomic E-state index is 0.382. The van der Waals surface area contributed by atoms with Crippen LogP contribution in [0.25, 0.3) is 0 Å². The molecular formula is C15H15Cl2N5. The monoisotopic (exact) mass is 335 g/mol. The number of rotatable bonds is 2. The molecule has 1 saturated heterocycles. The minimum Gasteiger partial charge on any atom is -0.369 e. The van der Waals surface area contributed by atoms with Gasteiger partial charge in [-0.15, -0.1) is 10.2 Å². The Kier molecular flexibility index (Phi) is 4.23. The fourth-order valence-corrected chi connectivity index (χ4v) is 3.40. The lowest BCUT2D eigenvalue weighted by Gasteiger charge is -2.34. The van der Waals surface area contributed by atoms with Gasteiger partial charge in [0.25, 0.3) is 0 Å². The largest absolute Gasteiger partial charge is 0.369 e. The van der Waals surface area contributed by atoms with Crippen molar-refractivity contribution in [1.82, 2.24) is 14.8 Å². The predicted octanol–water partition coefficient (Wildman–Crippen LogP) is 3.38. The Balaban J connectivity index is 1.82. The molecule has 5 nitrogen and oxygen atoms in total. The van der Waals surface area contributed by atoms with E-state index in [0.717, 1.165) is 37.4 Å². The van der Waals surface area contributed by atoms with Gasteiger partial charge in [-0.25, -0.2) is 0 Å². The molecule has 3 rings (SSSR count). The van der Waals surface area contributed by atoms with Crippen molar-refractivity contribution < 1.29 is 0 Å². The highest BCUT2D eigenvalue weighted by Gasteiger charge is 2.26. The van der Waals surface area contributed by atoms with E-state index >= 15 is 0 Å². The molecule has 0 bridgehead atoms. The van der Waals surface area contributed by atoms with Crippen LogP contribution in [0.5, 0.6) is 0 Å². The first-order valence-electron chi connectivity index (χ1n) is 7.08. The van der Waals surface area contributed by atoms with Gasteiger partial charge in [-0.1, -0.05) is 23.2 Å². The Hall–Kier alpha value is -1.77. The number of nitriles is 1. The number of hydrogen-bond donors (Lipinski definition) is 0. The second kappa shape index (κ2) is 6.15. The van der Waals surface area contributed by atoms with Crippen LogP contribution in [0.2, 0.25) is 10.0 Å². The molecule has 1 aliphatic rings. The summed E-state index contributed by atoms with van der Waals surface area (Å²) in [5.41, 5.74) is 1.31. The van der Waals surface area contributed by atoms with Crippen LogP contribution in [0.1, 0.15) is 30.1 Å². The van der Waals surface area contributed by atoms with Gasteiger partial charge >= 0.3 is 0 Å². The Bertz CT molecular complexity index is 726. The second-order valence-electron chi connectivity index (χ2n) is 5.43. The second-order valence-corrected chi connectivity index (χ2v) is 6.22. The Morgan fingerprint density at radius 3 is 2.59 bits per heavy atom. The lowest BCUT2D eigenvalue weighted by atomic mass is 9.95. The zero-order valence-corrected chi connectivity index (χ0v) is 13.6. The van der Waals surface area contributed by atoms with E-state index in [-0.39, 0.29) is 0 Å². The molecule has 0 radical (unpaired) electrons. The van der Waals surface area contributed by atoms with Gasteiger partial charge in [0.15, 0.2) is 0 Å². The first-order valence-corrected chi connectivity index (χ1v) is 7.84. The van der Waals surface area contributed by atoms with E-state index in [1.54, 1.807) is 18.5 Å². The lowest BCUT2D eigenvalue weighted by Crippen LogP contribution is -2.34. The third-order valence-electron chi connectivity index (χ3n) is 4.11. The van der Waals surface area contributed by atoms with Crippen molar-refractivity contribution >= 4 is 28.9 Å². The summed E-state index contributed by atoms with van der Waals surface area (Å²) in [4.78, 5) is 2.14. The zero-order valence-electron chi connectivity index (χ0n) is 12.1. The third-order valence-corrected chi connectivity index (χ3v) is 4.91. The van der Waals surface area contributed by atoms with Crippen LogP contribution >= 0.6 is 23.2 Å². The van der Waals surface area contributed by atoms with Gasteiger partial charge in [0.1, 0.15) is 18.2 Å². The standard InChI is InChI=1S/C15H15Cl2N5/c1-21-9-19-20-15(21)10-4-6-22(7-5-10)14-11(8-18)2-3-12(16)13(14)17/h2-3,9-10H,4-7H2,1H3. The summed E-state index contributed by atoms with van der Waals surface area (Å²) in [6.07, 6.45) is 3.61. The number of benzene rings is 1. The molecule has 0 saturated carbocycles. The van der Waals surface area contributed by atoms with Gasteiger partial charge in [-0.2, -0.15) is 5.26 Å². The molecule has 1 aromatic carbocycles. The predicted molar refractivity (Wildman–Crippen MR) is 86.4 cm³/mol. The molecule has 1 fully saturated rings. The minimum absolute atomic E-state index is 0.382. The Morgan fingerprint density at radius 2 is 2.00 bits per heavy atom. The molecule has 1 aromatic heterocycles. The molecule has 2 heterocycles. The molecule has 114 valence electrons. The molecule has 0 aliphatic carbocycles. The molecule has 0 atom stereocenters. The maximum Gasteiger partial charge on any atom is 0.135 e. The van der Waals surface area contributed by atoms with E-state index < -0.39 is 0 Å². The first kappa shape index (κ1) is 15.1. The fraction of sp³-hybridized carbons (Fsp3) is 0.400. The Morgan fingerprint density at radius 1 is 1.27 bits per heavy atom. The summed E-state index contributed by atoms with van der Waals surface area (Å²) < 4.78 is 1.97. The van der Waals surface area contributed by atoms with E-state index in [2.05, 4.69) is 21.2 Å². The molecule has 0 N–H and O–H groups in total. The Labute approximate surface area is 139 Å². The number of nitrogens with zero attached hydrogens (tertiary/aromatic N) is 5. The highest BCUT2D eigenvalue weighted by atomic mass is 35.5. The number of piperidine rings is 1. The topological polar surface area (TPSA) is 57.7 Å². The third kappa shape index (κ3) is 2.65. The molecule has 22 heavy (non-hydrogen) atoms. The van der Waals surface area contributed by atoms with Crippen LogP contribution < -0.4 is 4.90 Å². The molecular weight excluding hydrogens is 321 g/mol. The van der Waals surface area contributed by atoms with Crippen molar-refractivity contribution in [2.45, 2.75) is 18.8 Å². The normalized spacial score (nSPS) is 15.8. The van der Waals surface area contributed by atoms with Crippen molar-refractivity contribution in [1.29, 1.82) is 5.26 Å². The van der Waals surface area contributed by atoms with E-state index in [4.69, 9.17) is 23.2 Å². The first-order chi connectivity index (χ1) is 10.6. The molecule has 1 aliphatic heterocycles. The van der Waals surface area contributed by atoms with E-state index in [0.29, 0.717) is 21.5 Å². The molecule has 0 unspecified atom stereocenters. The SMILES string of the molecule is Cn1cnnc1C1CCN(c2c(C#N)ccc(Cl)c2Cl)CC1. The average molecular weight is 336 g/mol. The van der Waals surface area contributed by atoms with Gasteiger partial charge < -0.3 is 9.47 Å². The quantitative estimate of drug-likeness (QED) is 0.844. The lowest BCUT2D eigenvalue weighted by molar-refractivity contribution is 0.474. The van der Waals surface area contributed by atoms with Crippen LogP contribution in [-0.4, -0.2) is 27.9 Å². The van der Waals surface area contributed by atoms with Crippen molar-refractivity contribution in [2.24, 2.45) is 7.05 Å². The van der Waals surface area contributed by atoms with Crippen molar-refractivity contribution in [3.8, 4) is 6.07 Å². The maximum absolute atomic E-state index is 9.30. The van der Waals surface area contributed by atoms with Crippen molar-refractivity contribution in [2.75, 3.05) is 18.0 Å². The van der Waals surface area contributed by atoms with Gasteiger partial charge in [-0.3, -0.25) is 0 Å². The number of hydrogen-bond acceptors (Lipinski definition) is 4. The van der Waals surface area contributed by atoms with Gasteiger partial charge in [0.2, 0.25) is 0 Å². The van der Waals surface area contributed by atoms with Crippen LogP contribution in [0.4, 0.5) is 5.69 Å². The zero-order chi connectivity index (χ0) is 15.7. The van der Waals surface area contributed by atoms with Gasteiger partial charge in [0.05, 0.1) is 21.3 Å². The van der Waals surface area contributed by atoms with Gasteiger partial charge in [-0.05, 0) is 25.0 Å². The number of anilines is 1. The highest BCUT2D eigenvalue weighted by Crippen LogP contribution is 2.38. The van der Waals surface area contributed by atoms with Crippen molar-refractivity contribution in [3.63, 3.8) is 0 Å². The molecule has 7 heteroatoms. The van der Waals surface area contributed by atoms with E-state index in [1.807, 2.05) is 11.6 Å². The van der Waals surface area contributed by atoms with Crippen LogP contribution in [0.3, 0.4) is 0 Å². The summed E-state index contributed by atoms with van der Waals surface area (Å²) in [7, 11) is 1.96. The average Bonchev–Trinajstić information content (AvgIpc) is 2.96. The molecule has 0 amide bonds. The number of halogens is 2. The van der Waals surface area contributed by atoms with Crippen LogP contribution in [-0.2, 0) is 7.05 Å². The summed E-state index contributed by atoms with van der Waals surface area (Å²) in [6, 6.07) is 5.58. The van der Waals surface area contributed by atoms with Gasteiger partial charge in [0, 0.05) is 26.1 Å². The summed E-state index contributed by atoms with van der Waals surface area (Å²) in [6.45, 7) is 1.62. The summed E-state index contributed by atoms with van der Waals surface area (Å²) in [5, 5.41) is 18.4. The highest BCUT2D eigenvalue weighted by molar-refractivity contribution is 6.44. The molecule has 2 aromatic rings. The smallest absolute Gasteiger partial charge is 0.135 e. The summed E-state index contributed by atoms with van der Waals surface area (Å²) >= 11 is 12.4. The van der Waals surface area contributed by atoms with E-state index in [1.165, 1.54) is 0 Å². The summed E-state index contributed by atoms with van der Waals surface area (Å²) in [5.74, 6) is 1.39. The fourth-order valence-electron chi connectivity index (χ4n) is 2.96. The maximum atomic E-state index is 9.30.